The van der Waals surface area contributed by atoms with E-state index in [2.05, 4.69) is 20.4 Å². The fourth-order valence-corrected chi connectivity index (χ4v) is 7.23. The van der Waals surface area contributed by atoms with Crippen molar-refractivity contribution >= 4 is 29.7 Å². The summed E-state index contributed by atoms with van der Waals surface area (Å²) in [6.45, 7) is 14.2. The third kappa shape index (κ3) is 6.53. The normalized spacial score (nSPS) is 30.0. The molecule has 5 rings (SSSR count). The Bertz CT molecular complexity index is 1610. The molecule has 0 unspecified atom stereocenters. The van der Waals surface area contributed by atoms with Gasteiger partial charge >= 0.3 is 23.9 Å². The van der Waals surface area contributed by atoms with Crippen LogP contribution in [0.1, 0.15) is 75.1 Å². The van der Waals surface area contributed by atoms with E-state index in [1.807, 2.05) is 6.08 Å². The van der Waals surface area contributed by atoms with E-state index in [9.17, 15) is 24.0 Å². The Balaban J connectivity index is 1.68. The van der Waals surface area contributed by atoms with Crippen molar-refractivity contribution in [3.05, 3.63) is 108 Å². The van der Waals surface area contributed by atoms with Gasteiger partial charge in [0.15, 0.2) is 11.7 Å². The van der Waals surface area contributed by atoms with E-state index in [0.29, 0.717) is 17.1 Å². The van der Waals surface area contributed by atoms with E-state index in [4.69, 9.17) is 18.9 Å². The highest BCUT2D eigenvalue weighted by molar-refractivity contribution is 6.04. The highest BCUT2D eigenvalue weighted by Crippen LogP contribution is 2.64. The van der Waals surface area contributed by atoms with E-state index in [-0.39, 0.29) is 47.3 Å². The lowest BCUT2D eigenvalue weighted by Gasteiger charge is -2.40. The van der Waals surface area contributed by atoms with Gasteiger partial charge < -0.3 is 18.9 Å². The van der Waals surface area contributed by atoms with Crippen molar-refractivity contribution in [2.75, 3.05) is 0 Å². The van der Waals surface area contributed by atoms with Crippen LogP contribution < -0.4 is 0 Å². The minimum absolute atomic E-state index is 0.0545. The Morgan fingerprint density at radius 2 is 1.38 bits per heavy atom. The van der Waals surface area contributed by atoms with Crippen molar-refractivity contribution in [1.82, 2.24) is 0 Å². The first-order chi connectivity index (χ1) is 22.2. The van der Waals surface area contributed by atoms with Crippen molar-refractivity contribution in [3.8, 4) is 0 Å². The summed E-state index contributed by atoms with van der Waals surface area (Å²) in [6, 6.07) is 16.8. The van der Waals surface area contributed by atoms with Crippen molar-refractivity contribution < 1.29 is 42.9 Å². The average Bonchev–Trinajstić information content (AvgIpc) is 3.41. The molecule has 3 aliphatic carbocycles. The summed E-state index contributed by atoms with van der Waals surface area (Å²) in [7, 11) is 0. The maximum Gasteiger partial charge on any atom is 0.339 e. The number of carbonyl (C=O) groups is 5. The monoisotopic (exact) mass is 640 g/mol. The summed E-state index contributed by atoms with van der Waals surface area (Å²) in [5, 5.41) is 0. The molecule has 0 aromatic heterocycles. The van der Waals surface area contributed by atoms with Crippen LogP contribution in [0, 0.1) is 35.2 Å². The maximum atomic E-state index is 14.7. The summed E-state index contributed by atoms with van der Waals surface area (Å²) in [6.07, 6.45) is -0.366. The number of Topliss-reactive ketones (excluding diaryl/α,β-unsaturated/α-hetero) is 1. The van der Waals surface area contributed by atoms with Crippen LogP contribution in [0.25, 0.3) is 0 Å². The molecule has 6 atom stereocenters. The van der Waals surface area contributed by atoms with Gasteiger partial charge in [0.25, 0.3) is 0 Å². The first kappa shape index (κ1) is 33.8. The second-order valence-electron chi connectivity index (χ2n) is 13.3. The number of fused-ring (bicyclic) bond motifs is 2. The highest BCUT2D eigenvalue weighted by atomic mass is 16.6. The molecule has 2 aromatic rings. The lowest BCUT2D eigenvalue weighted by molar-refractivity contribution is -0.179. The van der Waals surface area contributed by atoms with Crippen LogP contribution in [0.15, 0.2) is 84.5 Å². The van der Waals surface area contributed by atoms with Gasteiger partial charge in [-0.1, -0.05) is 69.8 Å². The van der Waals surface area contributed by atoms with Crippen LogP contribution in [0.4, 0.5) is 0 Å². The average molecular weight is 641 g/mol. The molecular formula is C38H40O9. The Morgan fingerprint density at radius 1 is 0.809 bits per heavy atom. The summed E-state index contributed by atoms with van der Waals surface area (Å²) in [5.74, 6) is -4.16. The van der Waals surface area contributed by atoms with Crippen molar-refractivity contribution in [1.29, 1.82) is 0 Å². The Hall–Kier alpha value is -4.53. The molecule has 0 amide bonds. The molecule has 3 aliphatic rings. The third-order valence-electron chi connectivity index (χ3n) is 9.72. The van der Waals surface area contributed by atoms with Crippen LogP contribution in [-0.4, -0.2) is 47.5 Å². The van der Waals surface area contributed by atoms with Gasteiger partial charge in [-0.05, 0) is 60.4 Å². The molecule has 2 aromatic carbocycles. The summed E-state index contributed by atoms with van der Waals surface area (Å²) < 4.78 is 24.1. The molecule has 2 radical (unpaired) electrons. The molecule has 0 saturated heterocycles. The smallest absolute Gasteiger partial charge is 0.339 e. The SMILES string of the molecule is C=C1[C](OC(=O)c2ccccc2)C[C@H]2[C@@H](/C=C(/C)C(=O)[C@@]3(OC(C)=O)C[C](C)[C@H](OC(=O)c4ccccc4)[C@@H]3[C@H]1OC(C)=O)C2(C)C. The molecule has 246 valence electrons. The van der Waals surface area contributed by atoms with E-state index in [1.54, 1.807) is 74.5 Å². The largest absolute Gasteiger partial charge is 0.458 e. The number of esters is 4. The molecule has 47 heavy (non-hydrogen) atoms. The number of ether oxygens (including phenoxy) is 4. The zero-order valence-electron chi connectivity index (χ0n) is 27.5. The number of carbonyl (C=O) groups excluding carboxylic acids is 5. The van der Waals surface area contributed by atoms with E-state index in [0.717, 1.165) is 0 Å². The fourth-order valence-electron chi connectivity index (χ4n) is 7.23. The molecule has 9 heteroatoms. The summed E-state index contributed by atoms with van der Waals surface area (Å²) >= 11 is 0. The second kappa shape index (κ2) is 12.9. The van der Waals surface area contributed by atoms with Crippen molar-refractivity contribution in [2.24, 2.45) is 23.2 Å². The zero-order chi connectivity index (χ0) is 34.3. The number of rotatable bonds is 6. The lowest BCUT2D eigenvalue weighted by Crippen LogP contribution is -2.55. The predicted molar refractivity (Wildman–Crippen MR) is 171 cm³/mol. The summed E-state index contributed by atoms with van der Waals surface area (Å²) in [5.41, 5.74) is -1.18. The Morgan fingerprint density at radius 3 is 1.94 bits per heavy atom. The number of allylic oxidation sites excluding steroid dienone is 1. The fraction of sp³-hybridized carbons (Fsp3) is 0.395. The van der Waals surface area contributed by atoms with Gasteiger partial charge in [-0.15, -0.1) is 0 Å². The number of hydrogen-bond donors (Lipinski definition) is 0. The van der Waals surface area contributed by atoms with E-state index < -0.39 is 53.4 Å². The molecule has 0 aliphatic heterocycles. The standard InChI is InChI=1S/C38H40O9/c1-21-18-28-29(37(28,6)7)19-30(45-35(42)26-14-10-8-11-15-26)23(3)33(44-24(4)39)31-32(46-36(43)27-16-12-9-13-17-27)22(2)20-38(31,34(21)41)47-25(5)40/h8-18,28-29,31-33H,3,19-20H2,1-2,4-7H3/b21-18-/t28-,29+,31-,32+,33+,38-/m1/s1. The van der Waals surface area contributed by atoms with Gasteiger partial charge in [0, 0.05) is 31.8 Å². The van der Waals surface area contributed by atoms with Crippen LogP contribution in [-0.2, 0) is 33.3 Å². The topological polar surface area (TPSA) is 122 Å². The Kier molecular flexibility index (Phi) is 9.31. The molecule has 0 N–H and O–H groups in total. The van der Waals surface area contributed by atoms with Gasteiger partial charge in [0.05, 0.1) is 17.0 Å². The molecule has 0 spiro atoms. The van der Waals surface area contributed by atoms with E-state index in [1.165, 1.54) is 13.8 Å². The molecule has 9 nitrogen and oxygen atoms in total. The van der Waals surface area contributed by atoms with Crippen LogP contribution in [0.5, 0.6) is 0 Å². The minimum Gasteiger partial charge on any atom is -0.458 e. The first-order valence-electron chi connectivity index (χ1n) is 15.7. The third-order valence-corrected chi connectivity index (χ3v) is 9.72. The second-order valence-corrected chi connectivity index (χ2v) is 13.3. The maximum absolute atomic E-state index is 14.7. The predicted octanol–water partition coefficient (Wildman–Crippen LogP) is 6.20. The molecule has 0 bridgehead atoms. The molecule has 0 heterocycles. The minimum atomic E-state index is -1.94. The molecule has 2 saturated carbocycles. The van der Waals surface area contributed by atoms with Gasteiger partial charge in [0.1, 0.15) is 12.2 Å². The lowest BCUT2D eigenvalue weighted by atomic mass is 9.76. The van der Waals surface area contributed by atoms with Gasteiger partial charge in [-0.2, -0.15) is 0 Å². The van der Waals surface area contributed by atoms with Crippen molar-refractivity contribution in [3.63, 3.8) is 0 Å². The molecule has 2 fully saturated rings. The van der Waals surface area contributed by atoms with E-state index >= 15 is 0 Å². The quantitative estimate of drug-likeness (QED) is 0.268. The molecular weight excluding hydrogens is 600 g/mol. The summed E-state index contributed by atoms with van der Waals surface area (Å²) in [4.78, 5) is 67.2. The van der Waals surface area contributed by atoms with Gasteiger partial charge in [-0.25, -0.2) is 9.59 Å². The van der Waals surface area contributed by atoms with Crippen LogP contribution in [0.3, 0.4) is 0 Å². The van der Waals surface area contributed by atoms with Crippen LogP contribution >= 0.6 is 0 Å². The Labute approximate surface area is 275 Å². The highest BCUT2D eigenvalue weighted by Gasteiger charge is 2.67. The van der Waals surface area contributed by atoms with Crippen molar-refractivity contribution in [2.45, 2.75) is 72.2 Å². The van der Waals surface area contributed by atoms with Gasteiger partial charge in [-0.3, -0.25) is 14.4 Å². The van der Waals surface area contributed by atoms with Crippen LogP contribution in [0.2, 0.25) is 0 Å². The number of benzene rings is 2. The first-order valence-corrected chi connectivity index (χ1v) is 15.7. The number of hydrogen-bond acceptors (Lipinski definition) is 9. The zero-order valence-corrected chi connectivity index (χ0v) is 27.5. The number of ketones is 1. The van der Waals surface area contributed by atoms with Gasteiger partial charge in [0.2, 0.25) is 5.78 Å².